The standard InChI is InChI=1S/C13H16O3/c1-8(14)11-7-12(11)10-5-4-9(15-2)6-13(10)16-3/h4-6,11-12H,7H2,1-3H3/t11-,12+/m1/s1. The predicted molar refractivity (Wildman–Crippen MR) is 61.1 cm³/mol. The van der Waals surface area contributed by atoms with E-state index >= 15 is 0 Å². The molecule has 0 radical (unpaired) electrons. The summed E-state index contributed by atoms with van der Waals surface area (Å²) in [4.78, 5) is 11.2. The van der Waals surface area contributed by atoms with Crippen LogP contribution in [0.15, 0.2) is 18.2 Å². The number of hydrogen-bond acceptors (Lipinski definition) is 3. The zero-order valence-electron chi connectivity index (χ0n) is 9.82. The Morgan fingerprint density at radius 2 is 2.06 bits per heavy atom. The molecule has 0 N–H and O–H groups in total. The number of rotatable bonds is 4. The molecule has 1 aromatic carbocycles. The van der Waals surface area contributed by atoms with Gasteiger partial charge in [-0.05, 0) is 30.9 Å². The topological polar surface area (TPSA) is 35.5 Å². The normalized spacial score (nSPS) is 22.7. The maximum absolute atomic E-state index is 11.2. The Morgan fingerprint density at radius 1 is 1.31 bits per heavy atom. The van der Waals surface area contributed by atoms with Crippen LogP contribution >= 0.6 is 0 Å². The first-order valence-electron chi connectivity index (χ1n) is 5.39. The Bertz CT molecular complexity index is 412. The molecule has 1 aliphatic rings. The third kappa shape index (κ3) is 1.90. The smallest absolute Gasteiger partial charge is 0.133 e. The molecule has 0 saturated heterocycles. The van der Waals surface area contributed by atoms with Crippen LogP contribution in [0.4, 0.5) is 0 Å². The molecule has 0 heterocycles. The van der Waals surface area contributed by atoms with Crippen molar-refractivity contribution < 1.29 is 14.3 Å². The van der Waals surface area contributed by atoms with Crippen molar-refractivity contribution in [1.29, 1.82) is 0 Å². The first-order chi connectivity index (χ1) is 7.67. The highest BCUT2D eigenvalue weighted by molar-refractivity contribution is 5.82. The minimum atomic E-state index is 0.183. The van der Waals surface area contributed by atoms with Crippen LogP contribution in [0.2, 0.25) is 0 Å². The van der Waals surface area contributed by atoms with Gasteiger partial charge in [-0.25, -0.2) is 0 Å². The van der Waals surface area contributed by atoms with E-state index in [-0.39, 0.29) is 11.7 Å². The number of methoxy groups -OCH3 is 2. The molecule has 1 saturated carbocycles. The highest BCUT2D eigenvalue weighted by Crippen LogP contribution is 2.51. The van der Waals surface area contributed by atoms with Crippen LogP contribution in [-0.4, -0.2) is 20.0 Å². The van der Waals surface area contributed by atoms with Crippen molar-refractivity contribution in [3.05, 3.63) is 23.8 Å². The number of carbonyl (C=O) groups excluding carboxylic acids is 1. The quantitative estimate of drug-likeness (QED) is 0.781. The Balaban J connectivity index is 2.25. The van der Waals surface area contributed by atoms with Crippen LogP contribution in [0.25, 0.3) is 0 Å². The van der Waals surface area contributed by atoms with Crippen LogP contribution in [0.3, 0.4) is 0 Å². The van der Waals surface area contributed by atoms with Gasteiger partial charge in [0.25, 0.3) is 0 Å². The summed E-state index contributed by atoms with van der Waals surface area (Å²) in [5, 5.41) is 0. The molecule has 0 aliphatic heterocycles. The minimum Gasteiger partial charge on any atom is -0.497 e. The maximum Gasteiger partial charge on any atom is 0.133 e. The van der Waals surface area contributed by atoms with Crippen molar-refractivity contribution in [2.24, 2.45) is 5.92 Å². The molecule has 3 nitrogen and oxygen atoms in total. The van der Waals surface area contributed by atoms with Crippen molar-refractivity contribution in [3.8, 4) is 11.5 Å². The van der Waals surface area contributed by atoms with Crippen molar-refractivity contribution in [3.63, 3.8) is 0 Å². The van der Waals surface area contributed by atoms with E-state index in [1.165, 1.54) is 0 Å². The molecule has 1 aliphatic carbocycles. The maximum atomic E-state index is 11.2. The van der Waals surface area contributed by atoms with Crippen molar-refractivity contribution in [2.45, 2.75) is 19.3 Å². The molecule has 3 heteroatoms. The van der Waals surface area contributed by atoms with Gasteiger partial charge in [0.15, 0.2) is 0 Å². The third-order valence-corrected chi connectivity index (χ3v) is 3.15. The van der Waals surface area contributed by atoms with E-state index < -0.39 is 0 Å². The van der Waals surface area contributed by atoms with Gasteiger partial charge in [0, 0.05) is 12.0 Å². The molecule has 0 unspecified atom stereocenters. The van der Waals surface area contributed by atoms with Gasteiger partial charge in [-0.1, -0.05) is 6.07 Å². The Hall–Kier alpha value is -1.51. The van der Waals surface area contributed by atoms with E-state index in [1.54, 1.807) is 21.1 Å². The first-order valence-corrected chi connectivity index (χ1v) is 5.39. The fraction of sp³-hybridized carbons (Fsp3) is 0.462. The summed E-state index contributed by atoms with van der Waals surface area (Å²) in [6, 6.07) is 5.77. The summed E-state index contributed by atoms with van der Waals surface area (Å²) < 4.78 is 10.5. The number of Topliss-reactive ketones (excluding diaryl/α,β-unsaturated/α-hetero) is 1. The van der Waals surface area contributed by atoms with Crippen LogP contribution in [0.1, 0.15) is 24.8 Å². The molecule has 2 rings (SSSR count). The average molecular weight is 220 g/mol. The molecule has 86 valence electrons. The van der Waals surface area contributed by atoms with Gasteiger partial charge in [0.05, 0.1) is 14.2 Å². The van der Waals surface area contributed by atoms with Crippen molar-refractivity contribution >= 4 is 5.78 Å². The van der Waals surface area contributed by atoms with Gasteiger partial charge in [-0.3, -0.25) is 4.79 Å². The predicted octanol–water partition coefficient (Wildman–Crippen LogP) is 2.40. The summed E-state index contributed by atoms with van der Waals surface area (Å²) in [7, 11) is 3.27. The van der Waals surface area contributed by atoms with Gasteiger partial charge in [-0.2, -0.15) is 0 Å². The second-order valence-corrected chi connectivity index (χ2v) is 4.17. The van der Waals surface area contributed by atoms with Crippen LogP contribution in [0, 0.1) is 5.92 Å². The summed E-state index contributed by atoms with van der Waals surface area (Å²) in [5.41, 5.74) is 1.11. The lowest BCUT2D eigenvalue weighted by Gasteiger charge is -2.09. The number of carbonyl (C=O) groups is 1. The highest BCUT2D eigenvalue weighted by atomic mass is 16.5. The summed E-state index contributed by atoms with van der Waals surface area (Å²) in [6.45, 7) is 1.65. The second kappa shape index (κ2) is 4.16. The van der Waals surface area contributed by atoms with Crippen molar-refractivity contribution in [2.75, 3.05) is 14.2 Å². The zero-order chi connectivity index (χ0) is 11.7. The molecule has 1 aromatic rings. The summed E-state index contributed by atoms with van der Waals surface area (Å²) in [6.07, 6.45) is 0.942. The van der Waals surface area contributed by atoms with E-state index in [0.29, 0.717) is 5.92 Å². The first kappa shape index (κ1) is 11.0. The highest BCUT2D eigenvalue weighted by Gasteiger charge is 2.43. The Kier molecular flexibility index (Phi) is 2.86. The Morgan fingerprint density at radius 3 is 2.56 bits per heavy atom. The minimum absolute atomic E-state index is 0.183. The lowest BCUT2D eigenvalue weighted by molar-refractivity contribution is -0.118. The third-order valence-electron chi connectivity index (χ3n) is 3.15. The van der Waals surface area contributed by atoms with E-state index in [4.69, 9.17) is 9.47 Å². The summed E-state index contributed by atoms with van der Waals surface area (Å²) >= 11 is 0. The molecule has 16 heavy (non-hydrogen) atoms. The zero-order valence-corrected chi connectivity index (χ0v) is 9.82. The van der Waals surface area contributed by atoms with E-state index in [2.05, 4.69) is 0 Å². The molecular weight excluding hydrogens is 204 g/mol. The fourth-order valence-corrected chi connectivity index (χ4v) is 2.11. The molecular formula is C13H16O3. The lowest BCUT2D eigenvalue weighted by atomic mass is 10.1. The number of ketones is 1. The largest absolute Gasteiger partial charge is 0.497 e. The molecule has 2 atom stereocenters. The van der Waals surface area contributed by atoms with Crippen molar-refractivity contribution in [1.82, 2.24) is 0 Å². The van der Waals surface area contributed by atoms with Crippen LogP contribution in [0.5, 0.6) is 11.5 Å². The Labute approximate surface area is 95.4 Å². The molecule has 0 amide bonds. The molecule has 1 fully saturated rings. The second-order valence-electron chi connectivity index (χ2n) is 4.17. The van der Waals surface area contributed by atoms with Gasteiger partial charge in [-0.15, -0.1) is 0 Å². The van der Waals surface area contributed by atoms with Gasteiger partial charge >= 0.3 is 0 Å². The lowest BCUT2D eigenvalue weighted by Crippen LogP contribution is -1.97. The summed E-state index contributed by atoms with van der Waals surface area (Å²) in [5.74, 6) is 2.37. The molecule has 0 spiro atoms. The average Bonchev–Trinajstić information content (AvgIpc) is 3.08. The molecule has 0 aromatic heterocycles. The van der Waals surface area contributed by atoms with Gasteiger partial charge in [0.2, 0.25) is 0 Å². The number of hydrogen-bond donors (Lipinski definition) is 0. The van der Waals surface area contributed by atoms with Gasteiger partial charge < -0.3 is 9.47 Å². The van der Waals surface area contributed by atoms with Gasteiger partial charge in [0.1, 0.15) is 17.3 Å². The van der Waals surface area contributed by atoms with E-state index in [0.717, 1.165) is 23.5 Å². The monoisotopic (exact) mass is 220 g/mol. The number of ether oxygens (including phenoxy) is 2. The SMILES string of the molecule is COc1ccc([C@@H]2C[C@@H]2C(C)=O)c(OC)c1. The number of benzene rings is 1. The molecule has 0 bridgehead atoms. The van der Waals surface area contributed by atoms with Crippen LogP contribution < -0.4 is 9.47 Å². The fourth-order valence-electron chi connectivity index (χ4n) is 2.11. The van der Waals surface area contributed by atoms with E-state index in [9.17, 15) is 4.79 Å². The van der Waals surface area contributed by atoms with E-state index in [1.807, 2.05) is 18.2 Å². The van der Waals surface area contributed by atoms with Crippen LogP contribution in [-0.2, 0) is 4.79 Å².